The maximum atomic E-state index is 13.3. The molecule has 0 fully saturated rings. The Labute approximate surface area is 202 Å². The maximum Gasteiger partial charge on any atom is 0.296 e. The van der Waals surface area contributed by atoms with E-state index in [1.54, 1.807) is 36.0 Å². The van der Waals surface area contributed by atoms with Crippen LogP contribution in [0.5, 0.6) is 10.9 Å². The summed E-state index contributed by atoms with van der Waals surface area (Å²) in [4.78, 5) is 21.6. The lowest BCUT2D eigenvalue weighted by molar-refractivity contribution is 0.102. The van der Waals surface area contributed by atoms with Crippen LogP contribution in [-0.4, -0.2) is 42.8 Å². The van der Waals surface area contributed by atoms with Crippen LogP contribution in [0.4, 0.5) is 5.13 Å². The van der Waals surface area contributed by atoms with Gasteiger partial charge in [-0.3, -0.25) is 15.1 Å². The Morgan fingerprint density at radius 3 is 2.85 bits per heavy atom. The number of hydrogen-bond donors (Lipinski definition) is 1. The summed E-state index contributed by atoms with van der Waals surface area (Å²) in [5.74, 6) is 0.242. The molecule has 0 aliphatic rings. The smallest absolute Gasteiger partial charge is 0.296 e. The van der Waals surface area contributed by atoms with Crippen molar-refractivity contribution < 1.29 is 14.3 Å². The Balaban J connectivity index is 1.39. The van der Waals surface area contributed by atoms with E-state index in [0.29, 0.717) is 38.4 Å². The van der Waals surface area contributed by atoms with Crippen LogP contribution in [0.25, 0.3) is 16.8 Å². The van der Waals surface area contributed by atoms with E-state index in [4.69, 9.17) is 21.1 Å². The maximum absolute atomic E-state index is 13.3. The van der Waals surface area contributed by atoms with Gasteiger partial charge in [-0.25, -0.2) is 9.50 Å². The van der Waals surface area contributed by atoms with Gasteiger partial charge in [-0.2, -0.15) is 5.10 Å². The number of amides is 1. The highest BCUT2D eigenvalue weighted by Gasteiger charge is 2.20. The number of aromatic nitrogens is 6. The molecule has 34 heavy (non-hydrogen) atoms. The third-order valence-corrected chi connectivity index (χ3v) is 5.79. The van der Waals surface area contributed by atoms with Gasteiger partial charge in [0.2, 0.25) is 5.13 Å². The number of anilines is 1. The molecule has 4 aromatic heterocycles. The summed E-state index contributed by atoms with van der Waals surface area (Å²) in [6.45, 7) is 0.196. The molecule has 170 valence electrons. The van der Waals surface area contributed by atoms with Crippen molar-refractivity contribution >= 4 is 39.6 Å². The van der Waals surface area contributed by atoms with Crippen molar-refractivity contribution in [1.29, 1.82) is 0 Å². The molecular formula is C22H16ClN7O3S. The SMILES string of the molecule is COc1ccccc1-c1cn2ncnc2cc1C(=O)Nc1nnc(OCc2ccc(Cl)cn2)s1. The van der Waals surface area contributed by atoms with E-state index in [0.717, 1.165) is 16.9 Å². The van der Waals surface area contributed by atoms with Crippen LogP contribution in [0.15, 0.2) is 61.2 Å². The average Bonchev–Trinajstić information content (AvgIpc) is 3.51. The van der Waals surface area contributed by atoms with E-state index in [9.17, 15) is 4.79 Å². The fraction of sp³-hybridized carbons (Fsp3) is 0.0909. The third-order valence-electron chi connectivity index (χ3n) is 4.82. The number of nitrogens with one attached hydrogen (secondary N) is 1. The molecule has 0 radical (unpaired) electrons. The number of nitrogens with zero attached hydrogens (tertiary/aromatic N) is 6. The zero-order chi connectivity index (χ0) is 23.5. The average molecular weight is 494 g/mol. The largest absolute Gasteiger partial charge is 0.496 e. The first-order valence-electron chi connectivity index (χ1n) is 9.95. The molecule has 1 amide bonds. The number of fused-ring (bicyclic) bond motifs is 1. The van der Waals surface area contributed by atoms with Crippen LogP contribution in [0.2, 0.25) is 5.02 Å². The number of rotatable bonds is 7. The van der Waals surface area contributed by atoms with Crippen LogP contribution >= 0.6 is 22.9 Å². The normalized spacial score (nSPS) is 10.9. The Morgan fingerprint density at radius 2 is 2.03 bits per heavy atom. The Hall–Kier alpha value is -4.09. The van der Waals surface area contributed by atoms with Gasteiger partial charge in [0.1, 0.15) is 18.7 Å². The van der Waals surface area contributed by atoms with E-state index in [2.05, 4.69) is 30.6 Å². The predicted octanol–water partition coefficient (Wildman–Crippen LogP) is 4.14. The first-order chi connectivity index (χ1) is 16.6. The highest BCUT2D eigenvalue weighted by molar-refractivity contribution is 7.17. The molecule has 12 heteroatoms. The van der Waals surface area contributed by atoms with Crippen molar-refractivity contribution in [2.45, 2.75) is 6.61 Å². The monoisotopic (exact) mass is 493 g/mol. The number of hydrogen-bond acceptors (Lipinski definition) is 9. The van der Waals surface area contributed by atoms with Crippen molar-refractivity contribution in [3.63, 3.8) is 0 Å². The minimum absolute atomic E-state index is 0.196. The molecule has 5 rings (SSSR count). The summed E-state index contributed by atoms with van der Waals surface area (Å²) in [5, 5.41) is 16.1. The molecule has 1 aromatic carbocycles. The van der Waals surface area contributed by atoms with Gasteiger partial charge in [-0.1, -0.05) is 34.9 Å². The molecule has 0 aliphatic heterocycles. The molecule has 0 spiro atoms. The topological polar surface area (TPSA) is 116 Å². The number of methoxy groups -OCH3 is 1. The zero-order valence-corrected chi connectivity index (χ0v) is 19.2. The number of carbonyl (C=O) groups excluding carboxylic acids is 1. The van der Waals surface area contributed by atoms with Crippen LogP contribution in [0, 0.1) is 0 Å². The molecule has 0 atom stereocenters. The van der Waals surface area contributed by atoms with Crippen molar-refractivity contribution in [3.05, 3.63) is 77.5 Å². The van der Waals surface area contributed by atoms with Crippen LogP contribution in [0.3, 0.4) is 0 Å². The summed E-state index contributed by atoms with van der Waals surface area (Å²) in [7, 11) is 1.58. The zero-order valence-electron chi connectivity index (χ0n) is 17.7. The van der Waals surface area contributed by atoms with Gasteiger partial charge in [-0.05, 0) is 35.6 Å². The predicted molar refractivity (Wildman–Crippen MR) is 126 cm³/mol. The van der Waals surface area contributed by atoms with E-state index in [1.165, 1.54) is 12.5 Å². The number of benzene rings is 1. The molecule has 0 saturated heterocycles. The molecule has 1 N–H and O–H groups in total. The number of pyridine rings is 2. The van der Waals surface area contributed by atoms with Crippen molar-refractivity contribution in [2.24, 2.45) is 0 Å². The molecule has 10 nitrogen and oxygen atoms in total. The minimum Gasteiger partial charge on any atom is -0.496 e. The summed E-state index contributed by atoms with van der Waals surface area (Å²) in [6, 6.07) is 12.6. The molecule has 0 unspecified atom stereocenters. The first-order valence-corrected chi connectivity index (χ1v) is 11.1. The summed E-state index contributed by atoms with van der Waals surface area (Å²) in [6.07, 6.45) is 4.70. The number of ether oxygens (including phenoxy) is 2. The van der Waals surface area contributed by atoms with E-state index >= 15 is 0 Å². The first kappa shape index (κ1) is 21.7. The second kappa shape index (κ2) is 9.41. The molecule has 0 aliphatic carbocycles. The number of halogens is 1. The van der Waals surface area contributed by atoms with E-state index in [1.807, 2.05) is 24.3 Å². The molecule has 4 heterocycles. The van der Waals surface area contributed by atoms with Gasteiger partial charge in [0.05, 0.1) is 23.4 Å². The lowest BCUT2D eigenvalue weighted by Gasteiger charge is -2.13. The van der Waals surface area contributed by atoms with Crippen LogP contribution in [0.1, 0.15) is 16.1 Å². The molecule has 5 aromatic rings. The van der Waals surface area contributed by atoms with Gasteiger partial charge in [-0.15, -0.1) is 5.10 Å². The third kappa shape index (κ3) is 4.51. The highest BCUT2D eigenvalue weighted by atomic mass is 35.5. The standard InChI is InChI=1S/C22H16ClN7O3S/c1-32-18-5-3-2-4-15(18)17-10-30-19(25-12-26-30)8-16(17)20(31)27-21-28-29-22(34-21)33-11-14-7-6-13(23)9-24-14/h2-10,12H,11H2,1H3,(H,27,28,31). The fourth-order valence-electron chi connectivity index (χ4n) is 3.24. The molecule has 0 saturated carbocycles. The second-order valence-corrected chi connectivity index (χ2v) is 8.32. The lowest BCUT2D eigenvalue weighted by atomic mass is 10.0. The van der Waals surface area contributed by atoms with E-state index in [-0.39, 0.29) is 17.6 Å². The number of carbonyl (C=O) groups is 1. The van der Waals surface area contributed by atoms with Gasteiger partial charge in [0, 0.05) is 23.5 Å². The minimum atomic E-state index is -0.381. The lowest BCUT2D eigenvalue weighted by Crippen LogP contribution is -2.14. The Morgan fingerprint density at radius 1 is 1.15 bits per heavy atom. The van der Waals surface area contributed by atoms with Gasteiger partial charge in [0.25, 0.3) is 11.1 Å². The van der Waals surface area contributed by atoms with Gasteiger partial charge in [0.15, 0.2) is 5.65 Å². The van der Waals surface area contributed by atoms with Crippen LogP contribution < -0.4 is 14.8 Å². The van der Waals surface area contributed by atoms with Crippen molar-refractivity contribution in [1.82, 2.24) is 29.8 Å². The molecule has 0 bridgehead atoms. The molecular weight excluding hydrogens is 478 g/mol. The summed E-state index contributed by atoms with van der Waals surface area (Å²) < 4.78 is 12.7. The van der Waals surface area contributed by atoms with Crippen molar-refractivity contribution in [3.8, 4) is 22.1 Å². The summed E-state index contributed by atoms with van der Waals surface area (Å²) in [5.41, 5.74) is 2.97. The Bertz CT molecular complexity index is 1470. The highest BCUT2D eigenvalue weighted by Crippen LogP contribution is 2.33. The van der Waals surface area contributed by atoms with E-state index < -0.39 is 0 Å². The van der Waals surface area contributed by atoms with Crippen molar-refractivity contribution in [2.75, 3.05) is 12.4 Å². The van der Waals surface area contributed by atoms with Gasteiger partial charge >= 0.3 is 0 Å². The fourth-order valence-corrected chi connectivity index (χ4v) is 3.94. The van der Waals surface area contributed by atoms with Gasteiger partial charge < -0.3 is 9.47 Å². The second-order valence-electron chi connectivity index (χ2n) is 6.95. The quantitative estimate of drug-likeness (QED) is 0.359. The Kier molecular flexibility index (Phi) is 6.02. The number of para-hydroxylation sites is 1. The van der Waals surface area contributed by atoms with Crippen LogP contribution in [-0.2, 0) is 6.61 Å². The summed E-state index contributed by atoms with van der Waals surface area (Å²) >= 11 is 6.95.